The second-order valence-corrected chi connectivity index (χ2v) is 4.45. The molecule has 2 atom stereocenters. The SMILES string of the molecule is CCOC(=O)CC1CC(NC)CN(CC#N)C1. The molecule has 1 rings (SSSR count). The largest absolute Gasteiger partial charge is 0.466 e. The van der Waals surface area contributed by atoms with Gasteiger partial charge in [-0.05, 0) is 26.3 Å². The summed E-state index contributed by atoms with van der Waals surface area (Å²) in [4.78, 5) is 13.5. The molecule has 1 N–H and O–H groups in total. The van der Waals surface area contributed by atoms with Crippen LogP contribution in [-0.2, 0) is 9.53 Å². The van der Waals surface area contributed by atoms with Crippen molar-refractivity contribution >= 4 is 5.97 Å². The third-order valence-corrected chi connectivity index (χ3v) is 3.08. The first-order valence-corrected chi connectivity index (χ1v) is 6.11. The molecular formula is C12H21N3O2. The Hall–Kier alpha value is -1.12. The number of esters is 1. The second-order valence-electron chi connectivity index (χ2n) is 4.45. The number of piperidine rings is 1. The van der Waals surface area contributed by atoms with Gasteiger partial charge in [-0.1, -0.05) is 0 Å². The first-order chi connectivity index (χ1) is 8.19. The van der Waals surface area contributed by atoms with E-state index in [2.05, 4.69) is 16.3 Å². The molecule has 0 aromatic heterocycles. The number of rotatable bonds is 5. The summed E-state index contributed by atoms with van der Waals surface area (Å²) in [5, 5.41) is 12.0. The van der Waals surface area contributed by atoms with E-state index in [0.29, 0.717) is 25.6 Å². The topological polar surface area (TPSA) is 65.4 Å². The van der Waals surface area contributed by atoms with Gasteiger partial charge in [0.25, 0.3) is 0 Å². The van der Waals surface area contributed by atoms with Crippen LogP contribution in [0.3, 0.4) is 0 Å². The van der Waals surface area contributed by atoms with Crippen molar-refractivity contribution in [1.29, 1.82) is 5.26 Å². The fraction of sp³-hybridized carbons (Fsp3) is 0.833. The van der Waals surface area contributed by atoms with Gasteiger partial charge < -0.3 is 10.1 Å². The van der Waals surface area contributed by atoms with Gasteiger partial charge in [0.15, 0.2) is 0 Å². The second kappa shape index (κ2) is 7.25. The molecule has 17 heavy (non-hydrogen) atoms. The summed E-state index contributed by atoms with van der Waals surface area (Å²) in [7, 11) is 1.92. The summed E-state index contributed by atoms with van der Waals surface area (Å²) >= 11 is 0. The van der Waals surface area contributed by atoms with E-state index >= 15 is 0 Å². The van der Waals surface area contributed by atoms with E-state index in [9.17, 15) is 4.79 Å². The molecular weight excluding hydrogens is 218 g/mol. The molecule has 5 nitrogen and oxygen atoms in total. The number of nitriles is 1. The van der Waals surface area contributed by atoms with Crippen molar-refractivity contribution in [2.24, 2.45) is 5.92 Å². The molecule has 0 spiro atoms. The van der Waals surface area contributed by atoms with Crippen LogP contribution in [0, 0.1) is 17.2 Å². The van der Waals surface area contributed by atoms with E-state index in [1.165, 1.54) is 0 Å². The zero-order chi connectivity index (χ0) is 12.7. The number of hydrogen-bond acceptors (Lipinski definition) is 5. The molecule has 0 aliphatic carbocycles. The van der Waals surface area contributed by atoms with Crippen LogP contribution in [0.1, 0.15) is 19.8 Å². The van der Waals surface area contributed by atoms with Crippen LogP contribution in [0.4, 0.5) is 0 Å². The predicted octanol–water partition coefficient (Wildman–Crippen LogP) is 0.373. The average molecular weight is 239 g/mol. The normalized spacial score (nSPS) is 25.2. The summed E-state index contributed by atoms with van der Waals surface area (Å²) in [6.45, 7) is 4.37. The van der Waals surface area contributed by atoms with Crippen molar-refractivity contribution in [2.45, 2.75) is 25.8 Å². The fourth-order valence-electron chi connectivity index (χ4n) is 2.34. The number of hydrogen-bond donors (Lipinski definition) is 1. The van der Waals surface area contributed by atoms with Crippen LogP contribution in [0.5, 0.6) is 0 Å². The van der Waals surface area contributed by atoms with Gasteiger partial charge in [0.05, 0.1) is 19.2 Å². The van der Waals surface area contributed by atoms with Crippen molar-refractivity contribution in [3.05, 3.63) is 0 Å². The lowest BCUT2D eigenvalue weighted by Crippen LogP contribution is -2.48. The summed E-state index contributed by atoms with van der Waals surface area (Å²) in [5.74, 6) is 0.153. The highest BCUT2D eigenvalue weighted by atomic mass is 16.5. The summed E-state index contributed by atoms with van der Waals surface area (Å²) < 4.78 is 4.97. The molecule has 1 fully saturated rings. The fourth-order valence-corrected chi connectivity index (χ4v) is 2.34. The maximum atomic E-state index is 11.4. The lowest BCUT2D eigenvalue weighted by Gasteiger charge is -2.36. The van der Waals surface area contributed by atoms with E-state index in [1.54, 1.807) is 0 Å². The Morgan fingerprint density at radius 3 is 2.94 bits per heavy atom. The summed E-state index contributed by atoms with van der Waals surface area (Å²) in [6, 6.07) is 2.52. The maximum absolute atomic E-state index is 11.4. The Labute approximate surface area is 103 Å². The monoisotopic (exact) mass is 239 g/mol. The first-order valence-electron chi connectivity index (χ1n) is 6.11. The van der Waals surface area contributed by atoms with Crippen molar-refractivity contribution < 1.29 is 9.53 Å². The van der Waals surface area contributed by atoms with Crippen LogP contribution in [-0.4, -0.2) is 50.2 Å². The van der Waals surface area contributed by atoms with Crippen LogP contribution >= 0.6 is 0 Å². The van der Waals surface area contributed by atoms with E-state index < -0.39 is 0 Å². The quantitative estimate of drug-likeness (QED) is 0.555. The molecule has 0 aromatic rings. The van der Waals surface area contributed by atoms with Gasteiger partial charge in [-0.15, -0.1) is 0 Å². The molecule has 0 bridgehead atoms. The Morgan fingerprint density at radius 1 is 1.59 bits per heavy atom. The van der Waals surface area contributed by atoms with E-state index in [4.69, 9.17) is 10.00 Å². The Kier molecular flexibility index (Phi) is 5.95. The molecule has 1 aliphatic heterocycles. The number of nitrogens with one attached hydrogen (secondary N) is 1. The predicted molar refractivity (Wildman–Crippen MR) is 64.3 cm³/mol. The van der Waals surface area contributed by atoms with Gasteiger partial charge in [-0.3, -0.25) is 9.69 Å². The van der Waals surface area contributed by atoms with Crippen LogP contribution in [0.15, 0.2) is 0 Å². The minimum absolute atomic E-state index is 0.133. The number of nitrogens with zero attached hydrogens (tertiary/aromatic N) is 2. The molecule has 5 heteroatoms. The van der Waals surface area contributed by atoms with Crippen molar-refractivity contribution in [3.63, 3.8) is 0 Å². The van der Waals surface area contributed by atoms with Crippen LogP contribution < -0.4 is 5.32 Å². The molecule has 1 aliphatic rings. The average Bonchev–Trinajstić information content (AvgIpc) is 2.29. The first kappa shape index (κ1) is 13.9. The lowest BCUT2D eigenvalue weighted by molar-refractivity contribution is -0.144. The maximum Gasteiger partial charge on any atom is 0.306 e. The number of carbonyl (C=O) groups is 1. The number of carbonyl (C=O) groups excluding carboxylic acids is 1. The van der Waals surface area contributed by atoms with Crippen molar-refractivity contribution in [1.82, 2.24) is 10.2 Å². The van der Waals surface area contributed by atoms with Crippen LogP contribution in [0.2, 0.25) is 0 Å². The van der Waals surface area contributed by atoms with Crippen LogP contribution in [0.25, 0.3) is 0 Å². The zero-order valence-corrected chi connectivity index (χ0v) is 10.6. The Bertz CT molecular complexity index is 288. The van der Waals surface area contributed by atoms with Gasteiger partial charge in [0.1, 0.15) is 0 Å². The number of likely N-dealkylation sites (N-methyl/N-ethyl adjacent to an activating group) is 1. The molecule has 96 valence electrons. The molecule has 1 saturated heterocycles. The third-order valence-electron chi connectivity index (χ3n) is 3.08. The highest BCUT2D eigenvalue weighted by Gasteiger charge is 2.27. The standard InChI is InChI=1S/C12H21N3O2/c1-3-17-12(16)7-10-6-11(14-2)9-15(8-10)5-4-13/h10-11,14H,3,5-9H2,1-2H3. The molecule has 1 heterocycles. The van der Waals surface area contributed by atoms with E-state index in [1.807, 2.05) is 14.0 Å². The molecule has 0 saturated carbocycles. The Morgan fingerprint density at radius 2 is 2.35 bits per heavy atom. The molecule has 0 radical (unpaired) electrons. The highest BCUT2D eigenvalue weighted by molar-refractivity contribution is 5.69. The van der Waals surface area contributed by atoms with Gasteiger partial charge in [0.2, 0.25) is 0 Å². The molecule has 2 unspecified atom stereocenters. The van der Waals surface area contributed by atoms with Gasteiger partial charge in [-0.2, -0.15) is 5.26 Å². The third kappa shape index (κ3) is 4.72. The molecule has 0 amide bonds. The zero-order valence-electron chi connectivity index (χ0n) is 10.6. The summed E-state index contributed by atoms with van der Waals surface area (Å²) in [5.41, 5.74) is 0. The van der Waals surface area contributed by atoms with E-state index in [-0.39, 0.29) is 11.9 Å². The van der Waals surface area contributed by atoms with Gasteiger partial charge >= 0.3 is 5.97 Å². The van der Waals surface area contributed by atoms with Crippen molar-refractivity contribution in [3.8, 4) is 6.07 Å². The number of ether oxygens (including phenoxy) is 1. The van der Waals surface area contributed by atoms with Gasteiger partial charge in [-0.25, -0.2) is 0 Å². The molecule has 0 aromatic carbocycles. The summed E-state index contributed by atoms with van der Waals surface area (Å²) in [6.07, 6.45) is 1.42. The van der Waals surface area contributed by atoms with Gasteiger partial charge in [0, 0.05) is 25.6 Å². The highest BCUT2D eigenvalue weighted by Crippen LogP contribution is 2.20. The Balaban J connectivity index is 2.47. The number of likely N-dealkylation sites (tertiary alicyclic amines) is 1. The van der Waals surface area contributed by atoms with E-state index in [0.717, 1.165) is 19.5 Å². The minimum atomic E-state index is -0.133. The smallest absolute Gasteiger partial charge is 0.306 e. The minimum Gasteiger partial charge on any atom is -0.466 e. The lowest BCUT2D eigenvalue weighted by atomic mass is 9.91. The van der Waals surface area contributed by atoms with Crippen molar-refractivity contribution in [2.75, 3.05) is 33.3 Å².